The van der Waals surface area contributed by atoms with E-state index in [0.29, 0.717) is 50.2 Å². The molecule has 2 aliphatic carbocycles. The summed E-state index contributed by atoms with van der Waals surface area (Å²) in [6.45, 7) is 0. The second kappa shape index (κ2) is 11.1. The molecular weight excluding hydrogens is 574 g/mol. The molecule has 2 radical (unpaired) electrons. The van der Waals surface area contributed by atoms with Crippen LogP contribution in [-0.2, 0) is 5.44 Å². The Hall–Kier alpha value is -4.77. The molecule has 0 saturated heterocycles. The molecule has 1 aromatic heterocycles. The van der Waals surface area contributed by atoms with Crippen LogP contribution in [0.15, 0.2) is 84.8 Å². The van der Waals surface area contributed by atoms with Crippen LogP contribution in [0.2, 0.25) is 5.02 Å². The van der Waals surface area contributed by atoms with Gasteiger partial charge in [-0.1, -0.05) is 54.1 Å². The largest absolute Gasteiger partial charge is 0.378 e. The smallest absolute Gasteiger partial charge is 0.123 e. The average molecular weight is 601 g/mol. The van der Waals surface area contributed by atoms with Crippen molar-refractivity contribution >= 4 is 41.7 Å². The number of nitriles is 2. The second-order valence-electron chi connectivity index (χ2n) is 11.5. The molecule has 216 valence electrons. The topological polar surface area (TPSA) is 112 Å². The summed E-state index contributed by atoms with van der Waals surface area (Å²) in [6.07, 6.45) is 6.35. The Morgan fingerprint density at radius 2 is 1.89 bits per heavy atom. The Labute approximate surface area is 260 Å². The molecule has 0 spiro atoms. The van der Waals surface area contributed by atoms with Gasteiger partial charge in [0.25, 0.3) is 0 Å². The van der Waals surface area contributed by atoms with Crippen molar-refractivity contribution in [3.8, 4) is 12.1 Å². The predicted octanol–water partition coefficient (Wildman–Crippen LogP) is 5.97. The molecule has 1 aliphatic heterocycles. The number of halogens is 2. The van der Waals surface area contributed by atoms with Gasteiger partial charge < -0.3 is 16.1 Å². The summed E-state index contributed by atoms with van der Waals surface area (Å²) in [5.74, 6) is -0.354. The molecule has 44 heavy (non-hydrogen) atoms. The van der Waals surface area contributed by atoms with E-state index in [1.54, 1.807) is 18.2 Å². The summed E-state index contributed by atoms with van der Waals surface area (Å²) < 4.78 is 13.9. The van der Waals surface area contributed by atoms with E-state index in [2.05, 4.69) is 38.7 Å². The Balaban J connectivity index is 1.32. The third kappa shape index (κ3) is 5.17. The van der Waals surface area contributed by atoms with Gasteiger partial charge in [0, 0.05) is 35.4 Å². The van der Waals surface area contributed by atoms with Crippen molar-refractivity contribution in [1.29, 1.82) is 10.5 Å². The molecule has 2 unspecified atom stereocenters. The average Bonchev–Trinajstić information content (AvgIpc) is 3.98. The lowest BCUT2D eigenvalue weighted by Gasteiger charge is -2.34. The highest BCUT2D eigenvalue weighted by atomic mass is 35.5. The standard InChI is InChI=1S/C33H27BClFN8/c34-33(22-6-8-23(36)9-7-22,29-18-44(43-42-29)25-10-11-25)41-24-13-27-31(21(16-38)17-39-32(27)28(35)14-24)40-30(26-12-20(26)15-37)19-4-2-1-3-5-19/h1-9,13-14,17-18,20,25-26,30,41-43H,10-12H2,(H,39,40)/t20-,26?,30+,33?/m1/s1. The van der Waals surface area contributed by atoms with Gasteiger partial charge >= 0.3 is 0 Å². The maximum atomic E-state index is 13.9. The van der Waals surface area contributed by atoms with Crippen LogP contribution in [0.25, 0.3) is 10.9 Å². The zero-order chi connectivity index (χ0) is 30.4. The first-order chi connectivity index (χ1) is 21.4. The molecule has 8 nitrogen and oxygen atoms in total. The van der Waals surface area contributed by atoms with Crippen LogP contribution < -0.4 is 21.6 Å². The van der Waals surface area contributed by atoms with Crippen LogP contribution in [-0.4, -0.2) is 23.9 Å². The van der Waals surface area contributed by atoms with E-state index in [1.165, 1.54) is 18.3 Å². The van der Waals surface area contributed by atoms with Crippen molar-refractivity contribution in [3.63, 3.8) is 0 Å². The first kappa shape index (κ1) is 28.0. The minimum atomic E-state index is -1.31. The van der Waals surface area contributed by atoms with Gasteiger partial charge in [0.15, 0.2) is 0 Å². The zero-order valence-electron chi connectivity index (χ0n) is 23.6. The summed E-state index contributed by atoms with van der Waals surface area (Å²) >= 11 is 6.83. The number of hydrogen-bond donors (Lipinski definition) is 4. The van der Waals surface area contributed by atoms with Crippen molar-refractivity contribution in [2.24, 2.45) is 11.8 Å². The number of hydrogen-bond acceptors (Lipinski definition) is 8. The third-order valence-corrected chi connectivity index (χ3v) is 8.82. The fourth-order valence-electron chi connectivity index (χ4n) is 5.87. The zero-order valence-corrected chi connectivity index (χ0v) is 24.3. The number of hydrazine groups is 2. The van der Waals surface area contributed by atoms with Gasteiger partial charge in [0.05, 0.1) is 51.0 Å². The number of benzene rings is 3. The molecule has 4 atom stereocenters. The summed E-state index contributed by atoms with van der Waals surface area (Å²) in [6, 6.07) is 24.4. The summed E-state index contributed by atoms with van der Waals surface area (Å²) in [7, 11) is 7.12. The highest BCUT2D eigenvalue weighted by Gasteiger charge is 2.44. The number of aromatic nitrogens is 1. The van der Waals surface area contributed by atoms with E-state index < -0.39 is 5.44 Å². The van der Waals surface area contributed by atoms with E-state index in [-0.39, 0.29) is 23.7 Å². The number of pyridine rings is 1. The van der Waals surface area contributed by atoms with Crippen molar-refractivity contribution in [2.45, 2.75) is 36.8 Å². The van der Waals surface area contributed by atoms with E-state index in [4.69, 9.17) is 19.4 Å². The minimum absolute atomic E-state index is 0.0725. The number of anilines is 2. The van der Waals surface area contributed by atoms with E-state index >= 15 is 0 Å². The molecule has 0 amide bonds. The summed E-state index contributed by atoms with van der Waals surface area (Å²) in [5, 5.41) is 29.8. The maximum Gasteiger partial charge on any atom is 0.123 e. The Morgan fingerprint density at radius 3 is 2.57 bits per heavy atom. The molecule has 3 aliphatic rings. The Kier molecular flexibility index (Phi) is 7.05. The lowest BCUT2D eigenvalue weighted by molar-refractivity contribution is 0.260. The molecule has 2 saturated carbocycles. The third-order valence-electron chi connectivity index (χ3n) is 8.53. The molecule has 0 bridgehead atoms. The van der Waals surface area contributed by atoms with E-state index in [9.17, 15) is 14.9 Å². The van der Waals surface area contributed by atoms with E-state index in [1.807, 2.05) is 47.6 Å². The molecule has 2 fully saturated rings. The van der Waals surface area contributed by atoms with Gasteiger partial charge in [-0.2, -0.15) is 10.5 Å². The molecule has 4 N–H and O–H groups in total. The van der Waals surface area contributed by atoms with Crippen LogP contribution in [0.4, 0.5) is 15.8 Å². The maximum absolute atomic E-state index is 13.9. The SMILES string of the molecule is [B]C(Nc1cc(Cl)c2ncc(C#N)c(N[C@@H](c3ccccc3)C3C[C@@H]3C#N)c2c1)(C1=CN(C2CC2)NN1)c1ccc(F)cc1. The van der Waals surface area contributed by atoms with E-state index in [0.717, 1.165) is 24.8 Å². The van der Waals surface area contributed by atoms with Crippen molar-refractivity contribution < 1.29 is 4.39 Å². The quantitative estimate of drug-likeness (QED) is 0.174. The monoisotopic (exact) mass is 600 g/mol. The molecular formula is C33H27BClFN8. The number of rotatable bonds is 9. The van der Waals surface area contributed by atoms with Gasteiger partial charge in [0.2, 0.25) is 0 Å². The molecule has 7 rings (SSSR count). The number of nitrogens with zero attached hydrogens (tertiary/aromatic N) is 4. The Morgan fingerprint density at radius 1 is 1.11 bits per heavy atom. The van der Waals surface area contributed by atoms with Crippen LogP contribution >= 0.6 is 11.6 Å². The van der Waals surface area contributed by atoms with Crippen molar-refractivity contribution in [2.75, 3.05) is 10.6 Å². The molecule has 3 aromatic carbocycles. The lowest BCUT2D eigenvalue weighted by Crippen LogP contribution is -2.45. The molecule has 2 heterocycles. The van der Waals surface area contributed by atoms with Crippen LogP contribution in [0.3, 0.4) is 0 Å². The highest BCUT2D eigenvalue weighted by molar-refractivity contribution is 6.36. The normalized spacial score (nSPS) is 20.9. The second-order valence-corrected chi connectivity index (χ2v) is 11.9. The first-order valence-electron chi connectivity index (χ1n) is 14.5. The van der Waals surface area contributed by atoms with Gasteiger partial charge in [-0.25, -0.2) is 4.39 Å². The van der Waals surface area contributed by atoms with Gasteiger partial charge in [-0.3, -0.25) is 9.99 Å². The molecule has 4 aromatic rings. The van der Waals surface area contributed by atoms with Crippen LogP contribution in [0.5, 0.6) is 0 Å². The first-order valence-corrected chi connectivity index (χ1v) is 14.8. The van der Waals surface area contributed by atoms with Crippen molar-refractivity contribution in [1.82, 2.24) is 21.0 Å². The Bertz CT molecular complexity index is 1850. The van der Waals surface area contributed by atoms with Crippen LogP contribution in [0.1, 0.15) is 42.0 Å². The summed E-state index contributed by atoms with van der Waals surface area (Å²) in [4.78, 5) is 4.52. The predicted molar refractivity (Wildman–Crippen MR) is 168 cm³/mol. The fraction of sp³-hybridized carbons (Fsp3) is 0.242. The van der Waals surface area contributed by atoms with Crippen LogP contribution in [0, 0.1) is 40.3 Å². The lowest BCUT2D eigenvalue weighted by atomic mass is 9.69. The molecule has 11 heteroatoms. The van der Waals surface area contributed by atoms with Gasteiger partial charge in [-0.05, 0) is 54.7 Å². The fourth-order valence-corrected chi connectivity index (χ4v) is 6.14. The van der Waals surface area contributed by atoms with Crippen molar-refractivity contribution in [3.05, 3.63) is 112 Å². The minimum Gasteiger partial charge on any atom is -0.378 e. The highest BCUT2D eigenvalue weighted by Crippen LogP contribution is 2.49. The summed E-state index contributed by atoms with van der Waals surface area (Å²) in [5.41, 5.74) is 9.32. The number of fused-ring (bicyclic) bond motifs is 1. The van der Waals surface area contributed by atoms with Gasteiger partial charge in [-0.15, -0.1) is 5.53 Å². The number of nitrogens with one attached hydrogen (secondary N) is 4. The van der Waals surface area contributed by atoms with Gasteiger partial charge in [0.1, 0.15) is 19.7 Å².